The molecule has 0 aromatic heterocycles. The minimum atomic E-state index is -0.212. The Morgan fingerprint density at radius 2 is 1.70 bits per heavy atom. The Morgan fingerprint density at radius 3 is 2.44 bits per heavy atom. The lowest BCUT2D eigenvalue weighted by Crippen LogP contribution is -2.40. The van der Waals surface area contributed by atoms with Crippen LogP contribution >= 0.6 is 0 Å². The Kier molecular flexibility index (Phi) is 11.1. The molecule has 1 unspecified atom stereocenters. The molecule has 1 heterocycles. The van der Waals surface area contributed by atoms with Crippen LogP contribution in [0.1, 0.15) is 56.9 Å². The van der Waals surface area contributed by atoms with Gasteiger partial charge in [0.15, 0.2) is 0 Å². The lowest BCUT2D eigenvalue weighted by atomic mass is 10.1. The standard InChI is InChI=1S/C22H36N2O3/c25-21(19-24-14-16-27-17-15-24)12-8-3-1-2-4-9-13-22(26)23-18-20-10-6-5-7-11-20/h5-7,10-11,21,25H,1-4,8-9,12-19H2,(H,23,26). The van der Waals surface area contributed by atoms with E-state index in [1.807, 2.05) is 30.3 Å². The van der Waals surface area contributed by atoms with Gasteiger partial charge in [0, 0.05) is 32.6 Å². The van der Waals surface area contributed by atoms with Crippen LogP contribution < -0.4 is 5.32 Å². The first kappa shape index (κ1) is 21.9. The van der Waals surface area contributed by atoms with E-state index < -0.39 is 0 Å². The molecule has 2 N–H and O–H groups in total. The van der Waals surface area contributed by atoms with E-state index >= 15 is 0 Å². The van der Waals surface area contributed by atoms with E-state index in [-0.39, 0.29) is 12.0 Å². The van der Waals surface area contributed by atoms with Crippen molar-refractivity contribution in [3.8, 4) is 0 Å². The third kappa shape index (κ3) is 10.5. The number of carbonyl (C=O) groups excluding carboxylic acids is 1. The highest BCUT2D eigenvalue weighted by atomic mass is 16.5. The van der Waals surface area contributed by atoms with Gasteiger partial charge in [-0.2, -0.15) is 0 Å². The van der Waals surface area contributed by atoms with Crippen LogP contribution in [0.5, 0.6) is 0 Å². The SMILES string of the molecule is O=C(CCCCCCCCC(O)CN1CCOCC1)NCc1ccccc1. The number of hydrogen-bond donors (Lipinski definition) is 2. The highest BCUT2D eigenvalue weighted by molar-refractivity contribution is 5.75. The summed E-state index contributed by atoms with van der Waals surface area (Å²) in [6.07, 6.45) is 7.97. The maximum absolute atomic E-state index is 11.8. The molecule has 1 aliphatic heterocycles. The summed E-state index contributed by atoms with van der Waals surface area (Å²) in [7, 11) is 0. The number of amides is 1. The number of nitrogens with one attached hydrogen (secondary N) is 1. The lowest BCUT2D eigenvalue weighted by Gasteiger charge is -2.28. The number of nitrogens with zero attached hydrogens (tertiary/aromatic N) is 1. The van der Waals surface area contributed by atoms with E-state index in [1.165, 1.54) is 19.3 Å². The van der Waals surface area contributed by atoms with E-state index in [2.05, 4.69) is 10.2 Å². The van der Waals surface area contributed by atoms with E-state index in [9.17, 15) is 9.90 Å². The second kappa shape index (κ2) is 13.7. The van der Waals surface area contributed by atoms with Crippen molar-refractivity contribution in [2.24, 2.45) is 0 Å². The summed E-state index contributed by atoms with van der Waals surface area (Å²) in [4.78, 5) is 14.1. The van der Waals surface area contributed by atoms with Gasteiger partial charge in [-0.05, 0) is 18.4 Å². The third-order valence-electron chi connectivity index (χ3n) is 5.10. The second-order valence-electron chi connectivity index (χ2n) is 7.49. The Labute approximate surface area is 164 Å². The fourth-order valence-electron chi connectivity index (χ4n) is 3.43. The first-order valence-corrected chi connectivity index (χ1v) is 10.5. The van der Waals surface area contributed by atoms with Crippen LogP contribution in [-0.2, 0) is 16.1 Å². The summed E-state index contributed by atoms with van der Waals surface area (Å²) in [6.45, 7) is 4.86. The number of β-amino-alcohol motifs (C(OH)–C–C–N with tert-alkyl or cyclic N) is 1. The van der Waals surface area contributed by atoms with Gasteiger partial charge in [0.2, 0.25) is 5.91 Å². The summed E-state index contributed by atoms with van der Waals surface area (Å²) in [5, 5.41) is 13.1. The monoisotopic (exact) mass is 376 g/mol. The van der Waals surface area contributed by atoms with Crippen LogP contribution in [0, 0.1) is 0 Å². The number of aliphatic hydroxyl groups excluding tert-OH is 1. The lowest BCUT2D eigenvalue weighted by molar-refractivity contribution is -0.121. The number of ether oxygens (including phenoxy) is 1. The molecule has 27 heavy (non-hydrogen) atoms. The molecule has 152 valence electrons. The molecule has 0 saturated carbocycles. The van der Waals surface area contributed by atoms with Gasteiger partial charge in [0.25, 0.3) is 0 Å². The van der Waals surface area contributed by atoms with Crippen molar-refractivity contribution < 1.29 is 14.6 Å². The Bertz CT molecular complexity index is 504. The fraction of sp³-hybridized carbons (Fsp3) is 0.682. The molecule has 0 bridgehead atoms. The van der Waals surface area contributed by atoms with Gasteiger partial charge >= 0.3 is 0 Å². The predicted octanol–water partition coefficient (Wildman–Crippen LogP) is 3.12. The number of benzene rings is 1. The molecule has 0 spiro atoms. The van der Waals surface area contributed by atoms with E-state index in [0.717, 1.165) is 64.1 Å². The smallest absolute Gasteiger partial charge is 0.220 e. The van der Waals surface area contributed by atoms with Crippen molar-refractivity contribution in [1.29, 1.82) is 0 Å². The maximum atomic E-state index is 11.8. The highest BCUT2D eigenvalue weighted by Gasteiger charge is 2.14. The molecule has 5 heteroatoms. The van der Waals surface area contributed by atoms with Crippen molar-refractivity contribution in [2.45, 2.75) is 64.0 Å². The van der Waals surface area contributed by atoms with Gasteiger partial charge in [-0.1, -0.05) is 62.4 Å². The molecular formula is C22H36N2O3. The number of morpholine rings is 1. The van der Waals surface area contributed by atoms with E-state index in [4.69, 9.17) is 4.74 Å². The summed E-state index contributed by atoms with van der Waals surface area (Å²) < 4.78 is 5.33. The molecule has 0 radical (unpaired) electrons. The topological polar surface area (TPSA) is 61.8 Å². The van der Waals surface area contributed by atoms with Gasteiger partial charge in [-0.25, -0.2) is 0 Å². The summed E-state index contributed by atoms with van der Waals surface area (Å²) in [5.74, 6) is 0.144. The van der Waals surface area contributed by atoms with Crippen LogP contribution in [0.25, 0.3) is 0 Å². The molecular weight excluding hydrogens is 340 g/mol. The summed E-state index contributed by atoms with van der Waals surface area (Å²) in [5.41, 5.74) is 1.14. The minimum absolute atomic E-state index is 0.144. The Morgan fingerprint density at radius 1 is 1.04 bits per heavy atom. The number of carbonyl (C=O) groups is 1. The van der Waals surface area contributed by atoms with Crippen molar-refractivity contribution in [2.75, 3.05) is 32.8 Å². The largest absolute Gasteiger partial charge is 0.392 e. The quantitative estimate of drug-likeness (QED) is 0.519. The zero-order chi connectivity index (χ0) is 19.2. The molecule has 0 aliphatic carbocycles. The zero-order valence-electron chi connectivity index (χ0n) is 16.6. The molecule has 1 amide bonds. The van der Waals surface area contributed by atoms with Gasteiger partial charge in [-0.3, -0.25) is 9.69 Å². The van der Waals surface area contributed by atoms with E-state index in [1.54, 1.807) is 0 Å². The van der Waals surface area contributed by atoms with Gasteiger partial charge in [0.05, 0.1) is 19.3 Å². The zero-order valence-corrected chi connectivity index (χ0v) is 16.6. The Hall–Kier alpha value is -1.43. The first-order chi connectivity index (χ1) is 13.2. The minimum Gasteiger partial charge on any atom is -0.392 e. The molecule has 5 nitrogen and oxygen atoms in total. The number of aliphatic hydroxyl groups is 1. The number of hydrogen-bond acceptors (Lipinski definition) is 4. The molecule has 1 saturated heterocycles. The third-order valence-corrected chi connectivity index (χ3v) is 5.10. The van der Waals surface area contributed by atoms with Crippen LogP contribution in [0.2, 0.25) is 0 Å². The van der Waals surface area contributed by atoms with Gasteiger partial charge in [-0.15, -0.1) is 0 Å². The van der Waals surface area contributed by atoms with Gasteiger partial charge < -0.3 is 15.2 Å². The second-order valence-corrected chi connectivity index (χ2v) is 7.49. The molecule has 2 rings (SSSR count). The molecule has 1 atom stereocenters. The maximum Gasteiger partial charge on any atom is 0.220 e. The van der Waals surface area contributed by atoms with Crippen molar-refractivity contribution >= 4 is 5.91 Å². The average Bonchev–Trinajstić information content (AvgIpc) is 2.70. The van der Waals surface area contributed by atoms with Crippen molar-refractivity contribution in [3.63, 3.8) is 0 Å². The average molecular weight is 377 g/mol. The highest BCUT2D eigenvalue weighted by Crippen LogP contribution is 2.11. The number of rotatable bonds is 13. The van der Waals surface area contributed by atoms with E-state index in [0.29, 0.717) is 13.0 Å². The number of unbranched alkanes of at least 4 members (excludes halogenated alkanes) is 5. The summed E-state index contributed by atoms with van der Waals surface area (Å²) >= 11 is 0. The summed E-state index contributed by atoms with van der Waals surface area (Å²) in [6, 6.07) is 10.0. The van der Waals surface area contributed by atoms with Gasteiger partial charge in [0.1, 0.15) is 0 Å². The fourth-order valence-corrected chi connectivity index (χ4v) is 3.43. The van der Waals surface area contributed by atoms with Crippen LogP contribution in [0.3, 0.4) is 0 Å². The molecule has 1 fully saturated rings. The normalized spacial score (nSPS) is 16.2. The van der Waals surface area contributed by atoms with Crippen LogP contribution in [0.15, 0.2) is 30.3 Å². The molecule has 1 aliphatic rings. The Balaban J connectivity index is 1.37. The molecule has 1 aromatic rings. The van der Waals surface area contributed by atoms with Crippen LogP contribution in [-0.4, -0.2) is 54.9 Å². The first-order valence-electron chi connectivity index (χ1n) is 10.5. The van der Waals surface area contributed by atoms with Crippen molar-refractivity contribution in [1.82, 2.24) is 10.2 Å². The van der Waals surface area contributed by atoms with Crippen LogP contribution in [0.4, 0.5) is 0 Å². The predicted molar refractivity (Wildman–Crippen MR) is 108 cm³/mol. The molecule has 1 aromatic carbocycles. The van der Waals surface area contributed by atoms with Crippen molar-refractivity contribution in [3.05, 3.63) is 35.9 Å².